The summed E-state index contributed by atoms with van der Waals surface area (Å²) in [5.74, 6) is 0.433. The first-order chi connectivity index (χ1) is 7.61. The summed E-state index contributed by atoms with van der Waals surface area (Å²) in [6.45, 7) is 0.302. The van der Waals surface area contributed by atoms with Gasteiger partial charge in [0.15, 0.2) is 0 Å². The molecule has 1 amide bonds. The number of nitrogens with zero attached hydrogens (tertiary/aromatic N) is 1. The van der Waals surface area contributed by atoms with Gasteiger partial charge in [0.25, 0.3) is 0 Å². The van der Waals surface area contributed by atoms with E-state index in [9.17, 15) is 9.90 Å². The molecule has 1 unspecified atom stereocenters. The highest BCUT2D eigenvalue weighted by molar-refractivity contribution is 6.30. The number of aliphatic hydroxyl groups excluding tert-OH is 1. The van der Waals surface area contributed by atoms with E-state index in [1.165, 1.54) is 12.0 Å². The van der Waals surface area contributed by atoms with Gasteiger partial charge in [0.2, 0.25) is 5.91 Å². The molecule has 1 N–H and O–H groups in total. The van der Waals surface area contributed by atoms with E-state index in [0.717, 1.165) is 0 Å². The molecule has 0 bridgehead atoms. The summed E-state index contributed by atoms with van der Waals surface area (Å²) in [4.78, 5) is 13.1. The van der Waals surface area contributed by atoms with Gasteiger partial charge in [0, 0.05) is 11.1 Å². The van der Waals surface area contributed by atoms with E-state index < -0.39 is 6.10 Å². The number of carbonyl (C=O) groups excluding carboxylic acids is 1. The molecule has 0 saturated carbocycles. The fraction of sp³-hybridized carbons (Fsp3) is 0.364. The van der Waals surface area contributed by atoms with Gasteiger partial charge >= 0.3 is 0 Å². The molecule has 1 aliphatic rings. The molecule has 1 fully saturated rings. The Morgan fingerprint density at radius 2 is 2.31 bits per heavy atom. The zero-order chi connectivity index (χ0) is 11.7. The Morgan fingerprint density at radius 3 is 2.88 bits per heavy atom. The number of anilines is 1. The lowest BCUT2D eigenvalue weighted by molar-refractivity contribution is -0.117. The van der Waals surface area contributed by atoms with Gasteiger partial charge in [-0.05, 0) is 12.1 Å². The molecule has 86 valence electrons. The van der Waals surface area contributed by atoms with Crippen molar-refractivity contribution in [3.63, 3.8) is 0 Å². The second kappa shape index (κ2) is 4.31. The van der Waals surface area contributed by atoms with Crippen LogP contribution in [0.1, 0.15) is 6.42 Å². The SMILES string of the molecule is COc1cc(Cl)ccc1N1CC(O)CC1=O. The molecule has 1 aromatic rings. The quantitative estimate of drug-likeness (QED) is 0.853. The second-order valence-electron chi connectivity index (χ2n) is 3.68. The average Bonchev–Trinajstić information content (AvgIpc) is 2.57. The molecule has 1 aliphatic heterocycles. The van der Waals surface area contributed by atoms with Gasteiger partial charge in [0.05, 0.1) is 31.9 Å². The molecule has 2 rings (SSSR count). The summed E-state index contributed by atoms with van der Waals surface area (Å²) in [6.07, 6.45) is -0.445. The number of aliphatic hydroxyl groups is 1. The number of rotatable bonds is 2. The zero-order valence-electron chi connectivity index (χ0n) is 8.81. The molecule has 1 saturated heterocycles. The first kappa shape index (κ1) is 11.2. The molecule has 4 nitrogen and oxygen atoms in total. The van der Waals surface area contributed by atoms with Crippen molar-refractivity contribution in [1.29, 1.82) is 0 Å². The van der Waals surface area contributed by atoms with E-state index in [2.05, 4.69) is 0 Å². The molecule has 1 heterocycles. The fourth-order valence-electron chi connectivity index (χ4n) is 1.80. The number of hydrogen-bond donors (Lipinski definition) is 1. The number of amides is 1. The van der Waals surface area contributed by atoms with Gasteiger partial charge in [-0.2, -0.15) is 0 Å². The normalized spacial score (nSPS) is 20.3. The van der Waals surface area contributed by atoms with Crippen LogP contribution in [-0.2, 0) is 4.79 Å². The van der Waals surface area contributed by atoms with Crippen LogP contribution in [0.4, 0.5) is 5.69 Å². The van der Waals surface area contributed by atoms with Gasteiger partial charge < -0.3 is 14.7 Å². The molecule has 0 aliphatic carbocycles. The van der Waals surface area contributed by atoms with E-state index >= 15 is 0 Å². The number of hydrogen-bond acceptors (Lipinski definition) is 3. The van der Waals surface area contributed by atoms with Crippen LogP contribution in [0.2, 0.25) is 5.02 Å². The standard InChI is InChI=1S/C11H12ClNO3/c1-16-10-4-7(12)2-3-9(10)13-6-8(14)5-11(13)15/h2-4,8,14H,5-6H2,1H3. The maximum Gasteiger partial charge on any atom is 0.229 e. The monoisotopic (exact) mass is 241 g/mol. The summed E-state index contributed by atoms with van der Waals surface area (Å²) in [5, 5.41) is 9.97. The van der Waals surface area contributed by atoms with Gasteiger partial charge in [0.1, 0.15) is 5.75 Å². The van der Waals surface area contributed by atoms with E-state index in [-0.39, 0.29) is 12.3 Å². The Labute approximate surface area is 98.4 Å². The van der Waals surface area contributed by atoms with Gasteiger partial charge in [-0.3, -0.25) is 4.79 Å². The van der Waals surface area contributed by atoms with Crippen LogP contribution >= 0.6 is 11.6 Å². The van der Waals surface area contributed by atoms with Crippen LogP contribution in [0.25, 0.3) is 0 Å². The smallest absolute Gasteiger partial charge is 0.229 e. The van der Waals surface area contributed by atoms with Crippen molar-refractivity contribution in [3.05, 3.63) is 23.2 Å². The molecule has 0 aromatic heterocycles. The van der Waals surface area contributed by atoms with Crippen molar-refractivity contribution in [1.82, 2.24) is 0 Å². The summed E-state index contributed by atoms with van der Waals surface area (Å²) in [6, 6.07) is 5.06. The van der Waals surface area contributed by atoms with E-state index in [1.807, 2.05) is 0 Å². The predicted molar refractivity (Wildman–Crippen MR) is 61.0 cm³/mol. The highest BCUT2D eigenvalue weighted by Gasteiger charge is 2.30. The lowest BCUT2D eigenvalue weighted by Gasteiger charge is -2.19. The maximum absolute atomic E-state index is 11.6. The molecule has 5 heteroatoms. The number of methoxy groups -OCH3 is 1. The number of β-amino-alcohol motifs (C(OH)–C–C–N with tert-alkyl or cyclic N) is 1. The number of benzene rings is 1. The highest BCUT2D eigenvalue weighted by atomic mass is 35.5. The third-order valence-corrected chi connectivity index (χ3v) is 2.77. The number of ether oxygens (including phenoxy) is 1. The zero-order valence-corrected chi connectivity index (χ0v) is 9.57. The molecular weight excluding hydrogens is 230 g/mol. The second-order valence-corrected chi connectivity index (χ2v) is 4.11. The van der Waals surface area contributed by atoms with Crippen LogP contribution in [0.5, 0.6) is 5.75 Å². The molecule has 1 atom stereocenters. The molecule has 0 spiro atoms. The molecule has 0 radical (unpaired) electrons. The van der Waals surface area contributed by atoms with Crippen LogP contribution in [-0.4, -0.2) is 30.8 Å². The average molecular weight is 242 g/mol. The van der Waals surface area contributed by atoms with Crippen molar-refractivity contribution < 1.29 is 14.6 Å². The van der Waals surface area contributed by atoms with Gasteiger partial charge in [-0.1, -0.05) is 11.6 Å². The van der Waals surface area contributed by atoms with Crippen LogP contribution in [0.15, 0.2) is 18.2 Å². The summed E-state index contributed by atoms with van der Waals surface area (Å²) >= 11 is 5.83. The largest absolute Gasteiger partial charge is 0.495 e. The van der Waals surface area contributed by atoms with Crippen molar-refractivity contribution in [3.8, 4) is 5.75 Å². The van der Waals surface area contributed by atoms with E-state index in [0.29, 0.717) is 23.0 Å². The number of carbonyl (C=O) groups is 1. The predicted octanol–water partition coefficient (Wildman–Crippen LogP) is 1.45. The minimum atomic E-state index is -0.604. The van der Waals surface area contributed by atoms with Crippen molar-refractivity contribution in [2.24, 2.45) is 0 Å². The Morgan fingerprint density at radius 1 is 1.56 bits per heavy atom. The first-order valence-corrected chi connectivity index (χ1v) is 5.31. The molecule has 1 aromatic carbocycles. The van der Waals surface area contributed by atoms with Crippen molar-refractivity contribution >= 4 is 23.2 Å². The summed E-state index contributed by atoms with van der Waals surface area (Å²) in [7, 11) is 1.52. The summed E-state index contributed by atoms with van der Waals surface area (Å²) < 4.78 is 5.16. The van der Waals surface area contributed by atoms with Crippen molar-refractivity contribution in [2.45, 2.75) is 12.5 Å². The number of halogens is 1. The highest BCUT2D eigenvalue weighted by Crippen LogP contribution is 2.33. The first-order valence-electron chi connectivity index (χ1n) is 4.94. The lowest BCUT2D eigenvalue weighted by Crippen LogP contribution is -2.25. The Bertz CT molecular complexity index is 422. The Hall–Kier alpha value is -1.26. The van der Waals surface area contributed by atoms with E-state index in [1.54, 1.807) is 18.2 Å². The van der Waals surface area contributed by atoms with E-state index in [4.69, 9.17) is 16.3 Å². The van der Waals surface area contributed by atoms with Gasteiger partial charge in [-0.25, -0.2) is 0 Å². The van der Waals surface area contributed by atoms with Gasteiger partial charge in [-0.15, -0.1) is 0 Å². The fourth-order valence-corrected chi connectivity index (χ4v) is 1.96. The van der Waals surface area contributed by atoms with Crippen molar-refractivity contribution in [2.75, 3.05) is 18.6 Å². The van der Waals surface area contributed by atoms with Crippen LogP contribution in [0.3, 0.4) is 0 Å². The molecule has 16 heavy (non-hydrogen) atoms. The maximum atomic E-state index is 11.6. The minimum absolute atomic E-state index is 0.104. The Kier molecular flexibility index (Phi) is 3.03. The Balaban J connectivity index is 2.36. The summed E-state index contributed by atoms with van der Waals surface area (Å²) in [5.41, 5.74) is 0.647. The minimum Gasteiger partial charge on any atom is -0.495 e. The molecular formula is C11H12ClNO3. The topological polar surface area (TPSA) is 49.8 Å². The van der Waals surface area contributed by atoms with Crippen LogP contribution < -0.4 is 9.64 Å². The third-order valence-electron chi connectivity index (χ3n) is 2.54. The third kappa shape index (κ3) is 1.99. The van der Waals surface area contributed by atoms with Crippen LogP contribution in [0, 0.1) is 0 Å². The lowest BCUT2D eigenvalue weighted by atomic mass is 10.2.